The molecule has 0 saturated heterocycles. The van der Waals surface area contributed by atoms with Crippen LogP contribution in [0.1, 0.15) is 11.1 Å². The lowest BCUT2D eigenvalue weighted by atomic mass is 10.2. The van der Waals surface area contributed by atoms with Gasteiger partial charge in [-0.1, -0.05) is 30.3 Å². The number of aromatic nitrogens is 2. The highest BCUT2D eigenvalue weighted by Crippen LogP contribution is 2.03. The van der Waals surface area contributed by atoms with E-state index in [0.717, 1.165) is 12.1 Å². The van der Waals surface area contributed by atoms with E-state index in [4.69, 9.17) is 4.74 Å². The Balaban J connectivity index is 1.72. The molecule has 0 aliphatic heterocycles. The topological polar surface area (TPSA) is 68.2 Å². The van der Waals surface area contributed by atoms with Gasteiger partial charge in [0.05, 0.1) is 25.9 Å². The van der Waals surface area contributed by atoms with Crippen molar-refractivity contribution in [1.82, 2.24) is 20.4 Å². The lowest BCUT2D eigenvalue weighted by Gasteiger charge is -2.05. The Morgan fingerprint density at radius 3 is 2.86 bits per heavy atom. The van der Waals surface area contributed by atoms with Gasteiger partial charge in [-0.15, -0.1) is 0 Å². The molecular formula is C16H22N4O2. The molecule has 22 heavy (non-hydrogen) atoms. The van der Waals surface area contributed by atoms with Crippen LogP contribution in [0.2, 0.25) is 0 Å². The molecule has 0 fully saturated rings. The van der Waals surface area contributed by atoms with Crippen molar-refractivity contribution in [2.75, 3.05) is 26.8 Å². The Kier molecular flexibility index (Phi) is 6.60. The molecule has 0 aliphatic rings. The first-order chi connectivity index (χ1) is 10.8. The van der Waals surface area contributed by atoms with Gasteiger partial charge in [-0.2, -0.15) is 5.10 Å². The number of amides is 1. The Labute approximate surface area is 130 Å². The van der Waals surface area contributed by atoms with Crippen molar-refractivity contribution in [3.8, 4) is 0 Å². The summed E-state index contributed by atoms with van der Waals surface area (Å²) in [6.07, 6.45) is 3.73. The second-order valence-electron chi connectivity index (χ2n) is 4.98. The molecule has 2 N–H and O–H groups in total. The van der Waals surface area contributed by atoms with Crippen molar-refractivity contribution < 1.29 is 9.53 Å². The average Bonchev–Trinajstić information content (AvgIpc) is 2.98. The minimum Gasteiger partial charge on any atom is -0.383 e. The maximum atomic E-state index is 11.6. The first-order valence-electron chi connectivity index (χ1n) is 7.29. The van der Waals surface area contributed by atoms with Gasteiger partial charge in [0, 0.05) is 32.0 Å². The Morgan fingerprint density at radius 1 is 1.27 bits per heavy atom. The lowest BCUT2D eigenvalue weighted by Crippen LogP contribution is -2.34. The van der Waals surface area contributed by atoms with E-state index in [0.29, 0.717) is 26.2 Å². The average molecular weight is 302 g/mol. The van der Waals surface area contributed by atoms with Crippen LogP contribution in [0.5, 0.6) is 0 Å². The number of nitrogens with zero attached hydrogens (tertiary/aromatic N) is 2. The smallest absolute Gasteiger partial charge is 0.234 e. The molecule has 1 aromatic heterocycles. The predicted molar refractivity (Wildman–Crippen MR) is 84.4 cm³/mol. The van der Waals surface area contributed by atoms with Crippen LogP contribution in [0.4, 0.5) is 0 Å². The van der Waals surface area contributed by atoms with Gasteiger partial charge in [-0.3, -0.25) is 9.48 Å². The molecule has 118 valence electrons. The summed E-state index contributed by atoms with van der Waals surface area (Å²) in [5, 5.41) is 10.2. The summed E-state index contributed by atoms with van der Waals surface area (Å²) in [6, 6.07) is 10.1. The molecule has 6 nitrogen and oxygen atoms in total. The summed E-state index contributed by atoms with van der Waals surface area (Å²) < 4.78 is 6.77. The van der Waals surface area contributed by atoms with E-state index in [2.05, 4.69) is 27.9 Å². The molecule has 0 spiro atoms. The number of rotatable bonds is 9. The normalized spacial score (nSPS) is 10.6. The monoisotopic (exact) mass is 302 g/mol. The first-order valence-corrected chi connectivity index (χ1v) is 7.29. The summed E-state index contributed by atoms with van der Waals surface area (Å²) in [5.41, 5.74) is 2.18. The molecule has 0 radical (unpaired) electrons. The number of ether oxygens (including phenoxy) is 1. The molecule has 2 aromatic rings. The maximum absolute atomic E-state index is 11.6. The summed E-state index contributed by atoms with van der Waals surface area (Å²) in [5.74, 6) is -0.0353. The van der Waals surface area contributed by atoms with E-state index in [1.165, 1.54) is 5.56 Å². The predicted octanol–water partition coefficient (Wildman–Crippen LogP) is 0.784. The molecule has 0 bridgehead atoms. The van der Waals surface area contributed by atoms with Gasteiger partial charge in [-0.25, -0.2) is 0 Å². The van der Waals surface area contributed by atoms with Gasteiger partial charge in [0.2, 0.25) is 5.91 Å². The molecule has 0 unspecified atom stereocenters. The number of carbonyl (C=O) groups is 1. The van der Waals surface area contributed by atoms with Crippen molar-refractivity contribution in [3.63, 3.8) is 0 Å². The zero-order valence-corrected chi connectivity index (χ0v) is 12.8. The highest BCUT2D eigenvalue weighted by molar-refractivity contribution is 5.77. The zero-order valence-electron chi connectivity index (χ0n) is 12.8. The maximum Gasteiger partial charge on any atom is 0.234 e. The van der Waals surface area contributed by atoms with Crippen LogP contribution in [0, 0.1) is 0 Å². The van der Waals surface area contributed by atoms with Crippen LogP contribution in [-0.4, -0.2) is 42.5 Å². The number of benzene rings is 1. The van der Waals surface area contributed by atoms with Gasteiger partial charge in [0.15, 0.2) is 0 Å². The van der Waals surface area contributed by atoms with Gasteiger partial charge in [0.25, 0.3) is 0 Å². The van der Waals surface area contributed by atoms with Crippen molar-refractivity contribution in [3.05, 3.63) is 53.9 Å². The van der Waals surface area contributed by atoms with Crippen LogP contribution < -0.4 is 10.6 Å². The third-order valence-electron chi connectivity index (χ3n) is 3.13. The molecule has 1 aromatic carbocycles. The van der Waals surface area contributed by atoms with Crippen LogP contribution in [0.3, 0.4) is 0 Å². The number of hydrogen-bond acceptors (Lipinski definition) is 4. The molecule has 6 heteroatoms. The summed E-state index contributed by atoms with van der Waals surface area (Å²) in [6.45, 7) is 2.77. The van der Waals surface area contributed by atoms with Crippen molar-refractivity contribution in [1.29, 1.82) is 0 Å². The van der Waals surface area contributed by atoms with Crippen LogP contribution >= 0.6 is 0 Å². The van der Waals surface area contributed by atoms with E-state index in [-0.39, 0.29) is 5.91 Å². The van der Waals surface area contributed by atoms with E-state index in [9.17, 15) is 4.79 Å². The number of methoxy groups -OCH3 is 1. The zero-order chi connectivity index (χ0) is 15.6. The molecule has 0 atom stereocenters. The van der Waals surface area contributed by atoms with Crippen molar-refractivity contribution in [2.24, 2.45) is 0 Å². The van der Waals surface area contributed by atoms with Crippen molar-refractivity contribution >= 4 is 5.91 Å². The third kappa shape index (κ3) is 5.67. The molecule has 1 amide bonds. The SMILES string of the molecule is COCCNCC(=O)NCc1cnn(Cc2ccccc2)c1. The standard InChI is InChI=1S/C16H22N4O2/c1-22-8-7-17-11-16(21)18-9-15-10-19-20(13-15)12-14-5-3-2-4-6-14/h2-6,10,13,17H,7-9,11-12H2,1H3,(H,18,21). The van der Waals surface area contributed by atoms with E-state index >= 15 is 0 Å². The van der Waals surface area contributed by atoms with E-state index in [1.54, 1.807) is 13.3 Å². The third-order valence-corrected chi connectivity index (χ3v) is 3.13. The van der Waals surface area contributed by atoms with E-state index in [1.807, 2.05) is 29.1 Å². The summed E-state index contributed by atoms with van der Waals surface area (Å²) in [7, 11) is 1.63. The van der Waals surface area contributed by atoms with Crippen molar-refractivity contribution in [2.45, 2.75) is 13.1 Å². The summed E-state index contributed by atoms with van der Waals surface area (Å²) in [4.78, 5) is 11.6. The lowest BCUT2D eigenvalue weighted by molar-refractivity contribution is -0.120. The molecule has 0 saturated carbocycles. The number of carbonyl (C=O) groups excluding carboxylic acids is 1. The number of hydrogen-bond donors (Lipinski definition) is 2. The quantitative estimate of drug-likeness (QED) is 0.672. The highest BCUT2D eigenvalue weighted by Gasteiger charge is 2.03. The summed E-state index contributed by atoms with van der Waals surface area (Å²) >= 11 is 0. The Bertz CT molecular complexity index is 569. The van der Waals surface area contributed by atoms with Crippen LogP contribution in [0.15, 0.2) is 42.7 Å². The fraction of sp³-hybridized carbons (Fsp3) is 0.375. The molecular weight excluding hydrogens is 280 g/mol. The van der Waals surface area contributed by atoms with Crippen LogP contribution in [0.25, 0.3) is 0 Å². The minimum absolute atomic E-state index is 0.0353. The fourth-order valence-corrected chi connectivity index (χ4v) is 1.99. The molecule has 1 heterocycles. The largest absolute Gasteiger partial charge is 0.383 e. The number of nitrogens with one attached hydrogen (secondary N) is 2. The van der Waals surface area contributed by atoms with Gasteiger partial charge >= 0.3 is 0 Å². The fourth-order valence-electron chi connectivity index (χ4n) is 1.99. The Morgan fingerprint density at radius 2 is 2.09 bits per heavy atom. The van der Waals surface area contributed by atoms with Gasteiger partial charge in [-0.05, 0) is 5.56 Å². The minimum atomic E-state index is -0.0353. The first kappa shape index (κ1) is 16.2. The molecule has 2 rings (SSSR count). The highest BCUT2D eigenvalue weighted by atomic mass is 16.5. The second-order valence-corrected chi connectivity index (χ2v) is 4.98. The Hall–Kier alpha value is -2.18. The van der Waals surface area contributed by atoms with Gasteiger partial charge < -0.3 is 15.4 Å². The molecule has 0 aliphatic carbocycles. The van der Waals surface area contributed by atoms with E-state index < -0.39 is 0 Å². The van der Waals surface area contributed by atoms with Crippen LogP contribution in [-0.2, 0) is 22.6 Å². The van der Waals surface area contributed by atoms with Gasteiger partial charge in [0.1, 0.15) is 0 Å². The second kappa shape index (κ2) is 8.96.